The molecule has 0 aliphatic carbocycles. The number of primary amides is 1. The summed E-state index contributed by atoms with van der Waals surface area (Å²) in [5.41, 5.74) is 5.80. The lowest BCUT2D eigenvalue weighted by molar-refractivity contribution is -0.120. The SMILES string of the molecule is NC(=O)COc1cccc(NC(=O)Cc2ccccc2F)c1. The van der Waals surface area contributed by atoms with E-state index in [1.54, 1.807) is 42.5 Å². The Kier molecular flexibility index (Phi) is 5.08. The molecule has 2 rings (SSSR count). The van der Waals surface area contributed by atoms with Crippen molar-refractivity contribution in [1.29, 1.82) is 0 Å². The summed E-state index contributed by atoms with van der Waals surface area (Å²) in [5, 5.41) is 2.64. The van der Waals surface area contributed by atoms with E-state index in [-0.39, 0.29) is 18.9 Å². The highest BCUT2D eigenvalue weighted by Gasteiger charge is 2.08. The van der Waals surface area contributed by atoms with Crippen molar-refractivity contribution in [1.82, 2.24) is 0 Å². The number of hydrogen-bond acceptors (Lipinski definition) is 3. The zero-order valence-corrected chi connectivity index (χ0v) is 11.7. The molecular formula is C16H15FN2O3. The van der Waals surface area contributed by atoms with Gasteiger partial charge in [-0.3, -0.25) is 9.59 Å². The quantitative estimate of drug-likeness (QED) is 0.854. The number of carbonyl (C=O) groups excluding carboxylic acids is 2. The van der Waals surface area contributed by atoms with Crippen LogP contribution in [0.4, 0.5) is 10.1 Å². The van der Waals surface area contributed by atoms with Crippen LogP contribution < -0.4 is 15.8 Å². The lowest BCUT2D eigenvalue weighted by Crippen LogP contribution is -2.20. The molecule has 22 heavy (non-hydrogen) atoms. The minimum absolute atomic E-state index is 0.0704. The summed E-state index contributed by atoms with van der Waals surface area (Å²) in [6.07, 6.45) is -0.0704. The molecule has 0 saturated carbocycles. The minimum Gasteiger partial charge on any atom is -0.484 e. The second-order valence-electron chi connectivity index (χ2n) is 4.60. The Morgan fingerprint density at radius 3 is 2.64 bits per heavy atom. The van der Waals surface area contributed by atoms with E-state index in [4.69, 9.17) is 10.5 Å². The Morgan fingerprint density at radius 1 is 1.14 bits per heavy atom. The normalized spacial score (nSPS) is 10.0. The zero-order valence-electron chi connectivity index (χ0n) is 11.7. The first-order chi connectivity index (χ1) is 10.5. The first-order valence-corrected chi connectivity index (χ1v) is 6.59. The molecule has 2 aromatic carbocycles. The lowest BCUT2D eigenvalue weighted by atomic mass is 10.1. The largest absolute Gasteiger partial charge is 0.484 e. The van der Waals surface area contributed by atoms with Gasteiger partial charge in [0, 0.05) is 11.8 Å². The molecule has 5 nitrogen and oxygen atoms in total. The molecule has 0 unspecified atom stereocenters. The average molecular weight is 302 g/mol. The molecule has 0 radical (unpaired) electrons. The Balaban J connectivity index is 1.98. The van der Waals surface area contributed by atoms with Gasteiger partial charge >= 0.3 is 0 Å². The topological polar surface area (TPSA) is 81.4 Å². The number of rotatable bonds is 6. The van der Waals surface area contributed by atoms with Gasteiger partial charge in [-0.15, -0.1) is 0 Å². The Hall–Kier alpha value is -2.89. The van der Waals surface area contributed by atoms with Gasteiger partial charge in [0.2, 0.25) is 5.91 Å². The van der Waals surface area contributed by atoms with Crippen molar-refractivity contribution in [2.45, 2.75) is 6.42 Å². The fraction of sp³-hybridized carbons (Fsp3) is 0.125. The molecule has 2 aromatic rings. The van der Waals surface area contributed by atoms with Crippen molar-refractivity contribution in [3.05, 3.63) is 59.9 Å². The molecule has 0 heterocycles. The Bertz CT molecular complexity index is 689. The van der Waals surface area contributed by atoms with Crippen LogP contribution in [0, 0.1) is 5.82 Å². The Labute approximate surface area is 126 Å². The van der Waals surface area contributed by atoms with E-state index in [1.807, 2.05) is 0 Å². The van der Waals surface area contributed by atoms with Crippen molar-refractivity contribution in [3.8, 4) is 5.75 Å². The van der Waals surface area contributed by atoms with Gasteiger partial charge in [-0.2, -0.15) is 0 Å². The summed E-state index contributed by atoms with van der Waals surface area (Å²) >= 11 is 0. The number of ether oxygens (including phenoxy) is 1. The van der Waals surface area contributed by atoms with Gasteiger partial charge in [-0.25, -0.2) is 4.39 Å². The second-order valence-corrected chi connectivity index (χ2v) is 4.60. The standard InChI is InChI=1S/C16H15FN2O3/c17-14-7-2-1-4-11(14)8-16(21)19-12-5-3-6-13(9-12)22-10-15(18)20/h1-7,9H,8,10H2,(H2,18,20)(H,19,21). The van der Waals surface area contributed by atoms with E-state index in [0.29, 0.717) is 17.0 Å². The van der Waals surface area contributed by atoms with Gasteiger partial charge in [0.1, 0.15) is 11.6 Å². The second kappa shape index (κ2) is 7.21. The summed E-state index contributed by atoms with van der Waals surface area (Å²) in [6.45, 7) is -0.243. The van der Waals surface area contributed by atoms with Crippen molar-refractivity contribution < 1.29 is 18.7 Å². The highest BCUT2D eigenvalue weighted by Crippen LogP contribution is 2.18. The van der Waals surface area contributed by atoms with Crippen molar-refractivity contribution in [2.75, 3.05) is 11.9 Å². The molecule has 2 amide bonds. The molecule has 0 atom stereocenters. The summed E-state index contributed by atoms with van der Waals surface area (Å²) in [6, 6.07) is 12.6. The van der Waals surface area contributed by atoms with E-state index < -0.39 is 11.7 Å². The molecule has 114 valence electrons. The van der Waals surface area contributed by atoms with E-state index in [2.05, 4.69) is 5.32 Å². The summed E-state index contributed by atoms with van der Waals surface area (Å²) in [7, 11) is 0. The number of nitrogens with one attached hydrogen (secondary N) is 1. The third-order valence-corrected chi connectivity index (χ3v) is 2.81. The van der Waals surface area contributed by atoms with Crippen molar-refractivity contribution in [3.63, 3.8) is 0 Å². The van der Waals surface area contributed by atoms with Crippen LogP contribution in [0.15, 0.2) is 48.5 Å². The van der Waals surface area contributed by atoms with E-state index in [0.717, 1.165) is 0 Å². The molecule has 0 saturated heterocycles. The van der Waals surface area contributed by atoms with Gasteiger partial charge in [-0.05, 0) is 23.8 Å². The van der Waals surface area contributed by atoms with E-state index in [9.17, 15) is 14.0 Å². The molecule has 0 bridgehead atoms. The van der Waals surface area contributed by atoms with Crippen LogP contribution >= 0.6 is 0 Å². The monoisotopic (exact) mass is 302 g/mol. The Morgan fingerprint density at radius 2 is 1.91 bits per heavy atom. The average Bonchev–Trinajstić information content (AvgIpc) is 2.48. The summed E-state index contributed by atoms with van der Waals surface area (Å²) in [4.78, 5) is 22.6. The summed E-state index contributed by atoms with van der Waals surface area (Å²) < 4.78 is 18.6. The van der Waals surface area contributed by atoms with E-state index >= 15 is 0 Å². The van der Waals surface area contributed by atoms with Crippen molar-refractivity contribution >= 4 is 17.5 Å². The third-order valence-electron chi connectivity index (χ3n) is 2.81. The fourth-order valence-corrected chi connectivity index (χ4v) is 1.84. The number of halogens is 1. The van der Waals surface area contributed by atoms with Crippen LogP contribution in [0.1, 0.15) is 5.56 Å². The number of carbonyl (C=O) groups is 2. The molecule has 6 heteroatoms. The number of hydrogen-bond donors (Lipinski definition) is 2. The zero-order chi connectivity index (χ0) is 15.9. The number of benzene rings is 2. The van der Waals surface area contributed by atoms with Gasteiger partial charge in [0.05, 0.1) is 6.42 Å². The highest BCUT2D eigenvalue weighted by molar-refractivity contribution is 5.92. The summed E-state index contributed by atoms with van der Waals surface area (Å²) in [5.74, 6) is -0.954. The maximum Gasteiger partial charge on any atom is 0.255 e. The highest BCUT2D eigenvalue weighted by atomic mass is 19.1. The third kappa shape index (κ3) is 4.59. The first-order valence-electron chi connectivity index (χ1n) is 6.59. The van der Waals surface area contributed by atoms with Crippen LogP contribution in [-0.4, -0.2) is 18.4 Å². The molecule has 0 aromatic heterocycles. The smallest absolute Gasteiger partial charge is 0.255 e. The van der Waals surface area contributed by atoms with Crippen molar-refractivity contribution in [2.24, 2.45) is 5.73 Å². The fourth-order valence-electron chi connectivity index (χ4n) is 1.84. The number of anilines is 1. The first kappa shape index (κ1) is 15.5. The van der Waals surface area contributed by atoms with Gasteiger partial charge in [-0.1, -0.05) is 24.3 Å². The maximum atomic E-state index is 13.5. The molecule has 3 N–H and O–H groups in total. The lowest BCUT2D eigenvalue weighted by Gasteiger charge is -2.08. The molecule has 0 spiro atoms. The predicted octanol–water partition coefficient (Wildman–Crippen LogP) is 1.87. The van der Waals surface area contributed by atoms with E-state index in [1.165, 1.54) is 6.07 Å². The van der Waals surface area contributed by atoms with Crippen LogP contribution in [0.25, 0.3) is 0 Å². The van der Waals surface area contributed by atoms with Crippen LogP contribution in [0.3, 0.4) is 0 Å². The molecular weight excluding hydrogens is 287 g/mol. The molecule has 0 aliphatic heterocycles. The van der Waals surface area contributed by atoms with Gasteiger partial charge in [0.15, 0.2) is 6.61 Å². The minimum atomic E-state index is -0.589. The maximum absolute atomic E-state index is 13.5. The van der Waals surface area contributed by atoms with Crippen LogP contribution in [0.5, 0.6) is 5.75 Å². The molecule has 0 aliphatic rings. The number of nitrogens with two attached hydrogens (primary N) is 1. The molecule has 0 fully saturated rings. The van der Waals surface area contributed by atoms with Crippen LogP contribution in [0.2, 0.25) is 0 Å². The number of amides is 2. The van der Waals surface area contributed by atoms with Crippen LogP contribution in [-0.2, 0) is 16.0 Å². The van der Waals surface area contributed by atoms with Gasteiger partial charge in [0.25, 0.3) is 5.91 Å². The van der Waals surface area contributed by atoms with Gasteiger partial charge < -0.3 is 15.8 Å². The predicted molar refractivity (Wildman–Crippen MR) is 79.9 cm³/mol.